The molecule has 0 saturated carbocycles. The van der Waals surface area contributed by atoms with Crippen molar-refractivity contribution in [2.75, 3.05) is 24.7 Å². The molecule has 2 rings (SSSR count). The van der Waals surface area contributed by atoms with Crippen LogP contribution in [-0.2, 0) is 9.84 Å². The molecule has 1 aromatic rings. The number of pyridine rings is 1. The van der Waals surface area contributed by atoms with E-state index in [0.29, 0.717) is 13.0 Å². The molecule has 0 aromatic carbocycles. The Kier molecular flexibility index (Phi) is 4.99. The van der Waals surface area contributed by atoms with Crippen LogP contribution < -0.4 is 10.1 Å². The van der Waals surface area contributed by atoms with Crippen LogP contribution in [0.15, 0.2) is 18.5 Å². The number of nitrogens with zero attached hydrogens (tertiary/aromatic N) is 1. The van der Waals surface area contributed by atoms with Gasteiger partial charge in [-0.1, -0.05) is 6.92 Å². The first-order valence-electron chi connectivity index (χ1n) is 7.07. The molecule has 1 saturated heterocycles. The van der Waals surface area contributed by atoms with Crippen molar-refractivity contribution in [3.8, 4) is 5.75 Å². The van der Waals surface area contributed by atoms with Gasteiger partial charge in [-0.15, -0.1) is 0 Å². The zero-order chi connectivity index (χ0) is 14.6. The van der Waals surface area contributed by atoms with E-state index >= 15 is 0 Å². The van der Waals surface area contributed by atoms with Crippen LogP contribution in [0.2, 0.25) is 0 Å². The second-order valence-corrected chi connectivity index (χ2v) is 7.31. The molecule has 1 aliphatic rings. The lowest BCUT2D eigenvalue weighted by Crippen LogP contribution is -2.29. The lowest BCUT2D eigenvalue weighted by Gasteiger charge is -2.24. The van der Waals surface area contributed by atoms with E-state index in [1.807, 2.05) is 19.9 Å². The summed E-state index contributed by atoms with van der Waals surface area (Å²) in [6.07, 6.45) is 4.18. The SMILES string of the molecule is CCNC(c1cncc(OCC)c1)C1CCS(=O)(=O)C1. The Morgan fingerprint density at radius 3 is 2.85 bits per heavy atom. The zero-order valence-corrected chi connectivity index (χ0v) is 12.8. The van der Waals surface area contributed by atoms with Crippen molar-refractivity contribution in [2.45, 2.75) is 26.3 Å². The molecule has 0 amide bonds. The summed E-state index contributed by atoms with van der Waals surface area (Å²) >= 11 is 0. The topological polar surface area (TPSA) is 68.3 Å². The van der Waals surface area contributed by atoms with Gasteiger partial charge in [0.1, 0.15) is 5.75 Å². The van der Waals surface area contributed by atoms with Gasteiger partial charge in [0, 0.05) is 12.2 Å². The molecule has 1 N–H and O–H groups in total. The quantitative estimate of drug-likeness (QED) is 0.863. The molecule has 2 atom stereocenters. The van der Waals surface area contributed by atoms with Crippen molar-refractivity contribution in [3.63, 3.8) is 0 Å². The Labute approximate surface area is 120 Å². The molecule has 0 radical (unpaired) electrons. The number of hydrogen-bond acceptors (Lipinski definition) is 5. The molecule has 1 fully saturated rings. The van der Waals surface area contributed by atoms with Crippen LogP contribution in [0.4, 0.5) is 0 Å². The molecule has 6 heteroatoms. The second-order valence-electron chi connectivity index (χ2n) is 5.09. The van der Waals surface area contributed by atoms with Gasteiger partial charge in [0.2, 0.25) is 0 Å². The average molecular weight is 298 g/mol. The van der Waals surface area contributed by atoms with Crippen LogP contribution in [0, 0.1) is 5.92 Å². The highest BCUT2D eigenvalue weighted by molar-refractivity contribution is 7.91. The lowest BCUT2D eigenvalue weighted by molar-refractivity contribution is 0.336. The monoisotopic (exact) mass is 298 g/mol. The summed E-state index contributed by atoms with van der Waals surface area (Å²) in [5.74, 6) is 1.38. The third-order valence-electron chi connectivity index (χ3n) is 3.57. The fourth-order valence-electron chi connectivity index (χ4n) is 2.71. The van der Waals surface area contributed by atoms with Gasteiger partial charge in [0.05, 0.1) is 24.3 Å². The van der Waals surface area contributed by atoms with E-state index in [0.717, 1.165) is 17.9 Å². The molecule has 0 spiro atoms. The van der Waals surface area contributed by atoms with Crippen LogP contribution in [0.1, 0.15) is 31.9 Å². The minimum absolute atomic E-state index is 0.0187. The molecule has 1 aromatic heterocycles. The summed E-state index contributed by atoms with van der Waals surface area (Å²) in [6, 6.07) is 1.97. The fourth-order valence-corrected chi connectivity index (χ4v) is 4.55. The van der Waals surface area contributed by atoms with E-state index in [4.69, 9.17) is 4.74 Å². The maximum absolute atomic E-state index is 11.7. The number of ether oxygens (including phenoxy) is 1. The van der Waals surface area contributed by atoms with E-state index in [9.17, 15) is 8.42 Å². The van der Waals surface area contributed by atoms with Crippen LogP contribution in [0.3, 0.4) is 0 Å². The van der Waals surface area contributed by atoms with Crippen molar-refractivity contribution in [3.05, 3.63) is 24.0 Å². The molecular formula is C14H22N2O3S. The molecule has 20 heavy (non-hydrogen) atoms. The number of hydrogen-bond donors (Lipinski definition) is 1. The molecule has 2 unspecified atom stereocenters. The van der Waals surface area contributed by atoms with E-state index in [1.54, 1.807) is 12.4 Å². The minimum atomic E-state index is -2.88. The van der Waals surface area contributed by atoms with E-state index in [1.165, 1.54) is 0 Å². The maximum Gasteiger partial charge on any atom is 0.150 e. The van der Waals surface area contributed by atoms with Gasteiger partial charge >= 0.3 is 0 Å². The molecule has 2 heterocycles. The molecule has 5 nitrogen and oxygen atoms in total. The van der Waals surface area contributed by atoms with Gasteiger partial charge in [-0.25, -0.2) is 8.42 Å². The zero-order valence-electron chi connectivity index (χ0n) is 12.0. The lowest BCUT2D eigenvalue weighted by atomic mass is 9.93. The predicted molar refractivity (Wildman–Crippen MR) is 78.6 cm³/mol. The summed E-state index contributed by atoms with van der Waals surface area (Å²) in [5.41, 5.74) is 1.000. The first-order chi connectivity index (χ1) is 9.55. The number of aromatic nitrogens is 1. The normalized spacial score (nSPS) is 22.6. The van der Waals surface area contributed by atoms with Crippen molar-refractivity contribution in [2.24, 2.45) is 5.92 Å². The Morgan fingerprint density at radius 2 is 2.25 bits per heavy atom. The summed E-state index contributed by atoms with van der Waals surface area (Å²) in [7, 11) is -2.88. The number of nitrogens with one attached hydrogen (secondary N) is 1. The fraction of sp³-hybridized carbons (Fsp3) is 0.643. The minimum Gasteiger partial charge on any atom is -0.492 e. The van der Waals surface area contributed by atoms with Gasteiger partial charge in [0.15, 0.2) is 9.84 Å². The van der Waals surface area contributed by atoms with Crippen LogP contribution >= 0.6 is 0 Å². The summed E-state index contributed by atoms with van der Waals surface area (Å²) in [6.45, 7) is 5.34. The average Bonchev–Trinajstić information content (AvgIpc) is 2.77. The van der Waals surface area contributed by atoms with Crippen molar-refractivity contribution in [1.29, 1.82) is 0 Å². The van der Waals surface area contributed by atoms with Gasteiger partial charge in [-0.3, -0.25) is 4.98 Å². The largest absolute Gasteiger partial charge is 0.492 e. The van der Waals surface area contributed by atoms with Crippen molar-refractivity contribution >= 4 is 9.84 Å². The molecular weight excluding hydrogens is 276 g/mol. The van der Waals surface area contributed by atoms with Gasteiger partial charge in [-0.05, 0) is 37.4 Å². The highest BCUT2D eigenvalue weighted by atomic mass is 32.2. The highest BCUT2D eigenvalue weighted by Gasteiger charge is 2.34. The molecule has 0 aliphatic carbocycles. The summed E-state index contributed by atoms with van der Waals surface area (Å²) in [5, 5.41) is 3.39. The Balaban J connectivity index is 2.22. The summed E-state index contributed by atoms with van der Waals surface area (Å²) < 4.78 is 28.8. The standard InChI is InChI=1S/C14H22N2O3S/c1-3-16-14(11-5-6-20(17,18)10-11)12-7-13(19-4-2)9-15-8-12/h7-9,11,14,16H,3-6,10H2,1-2H3. The van der Waals surface area contributed by atoms with Gasteiger partial charge in [-0.2, -0.15) is 0 Å². The van der Waals surface area contributed by atoms with E-state index < -0.39 is 9.84 Å². The summed E-state index contributed by atoms with van der Waals surface area (Å²) in [4.78, 5) is 4.20. The Hall–Kier alpha value is -1.14. The smallest absolute Gasteiger partial charge is 0.150 e. The van der Waals surface area contributed by atoms with Crippen LogP contribution in [0.25, 0.3) is 0 Å². The highest BCUT2D eigenvalue weighted by Crippen LogP contribution is 2.32. The molecule has 1 aliphatic heterocycles. The first-order valence-corrected chi connectivity index (χ1v) is 8.89. The first kappa shape index (κ1) is 15.3. The number of sulfone groups is 1. The predicted octanol–water partition coefficient (Wildman–Crippen LogP) is 1.57. The second kappa shape index (κ2) is 6.54. The molecule has 112 valence electrons. The van der Waals surface area contributed by atoms with Crippen LogP contribution in [0.5, 0.6) is 5.75 Å². The van der Waals surface area contributed by atoms with Gasteiger partial charge in [0.25, 0.3) is 0 Å². The van der Waals surface area contributed by atoms with E-state index in [-0.39, 0.29) is 23.5 Å². The van der Waals surface area contributed by atoms with Crippen LogP contribution in [-0.4, -0.2) is 38.1 Å². The van der Waals surface area contributed by atoms with E-state index in [2.05, 4.69) is 10.3 Å². The Morgan fingerprint density at radius 1 is 1.45 bits per heavy atom. The Bertz CT molecular complexity index is 545. The van der Waals surface area contributed by atoms with Crippen molar-refractivity contribution < 1.29 is 13.2 Å². The van der Waals surface area contributed by atoms with Gasteiger partial charge < -0.3 is 10.1 Å². The maximum atomic E-state index is 11.7. The molecule has 0 bridgehead atoms. The van der Waals surface area contributed by atoms with Crippen molar-refractivity contribution in [1.82, 2.24) is 10.3 Å². The third kappa shape index (κ3) is 3.70. The third-order valence-corrected chi connectivity index (χ3v) is 5.36. The number of rotatable bonds is 6.